The Labute approximate surface area is 171 Å². The number of aromatic nitrogens is 2. The third kappa shape index (κ3) is 4.89. The van der Waals surface area contributed by atoms with Crippen molar-refractivity contribution in [1.82, 2.24) is 15.0 Å². The number of amides is 1. The molecule has 1 aromatic carbocycles. The van der Waals surface area contributed by atoms with Crippen molar-refractivity contribution in [1.29, 1.82) is 0 Å². The molecule has 0 aliphatic heterocycles. The van der Waals surface area contributed by atoms with Crippen LogP contribution in [0.1, 0.15) is 5.89 Å². The summed E-state index contributed by atoms with van der Waals surface area (Å²) >= 11 is 7.33. The molecule has 0 unspecified atom stereocenters. The zero-order valence-electron chi connectivity index (χ0n) is 15.1. The minimum atomic E-state index is -3.67. The van der Waals surface area contributed by atoms with Crippen LogP contribution in [0.3, 0.4) is 0 Å². The highest BCUT2D eigenvalue weighted by Gasteiger charge is 2.23. The van der Waals surface area contributed by atoms with Crippen molar-refractivity contribution < 1.29 is 17.7 Å². The number of sulfonamides is 1. The van der Waals surface area contributed by atoms with E-state index in [1.807, 2.05) is 17.5 Å². The summed E-state index contributed by atoms with van der Waals surface area (Å²) in [6.07, 6.45) is 1.04. The standard InChI is InChI=1S/C17H17ClN4O4S2/c1-21(10-15-19-17(20-26-15)14-4-3-9-27-14)16(23)11-22(28(2,24)25)13-7-5-12(18)6-8-13/h3-9H,10-11H2,1-2H3. The largest absolute Gasteiger partial charge is 0.337 e. The molecule has 0 aliphatic carbocycles. The van der Waals surface area contributed by atoms with Gasteiger partial charge in [-0.1, -0.05) is 22.8 Å². The maximum atomic E-state index is 12.6. The summed E-state index contributed by atoms with van der Waals surface area (Å²) in [5, 5.41) is 6.27. The molecule has 2 aromatic heterocycles. The van der Waals surface area contributed by atoms with Gasteiger partial charge >= 0.3 is 0 Å². The van der Waals surface area contributed by atoms with Crippen LogP contribution in [-0.2, 0) is 21.4 Å². The van der Waals surface area contributed by atoms with Gasteiger partial charge in [0.1, 0.15) is 6.54 Å². The van der Waals surface area contributed by atoms with E-state index in [9.17, 15) is 13.2 Å². The van der Waals surface area contributed by atoms with Gasteiger partial charge in [0.15, 0.2) is 0 Å². The molecule has 2 heterocycles. The first-order chi connectivity index (χ1) is 13.2. The summed E-state index contributed by atoms with van der Waals surface area (Å²) in [5.41, 5.74) is 0.353. The fourth-order valence-corrected chi connectivity index (χ4v) is 3.99. The van der Waals surface area contributed by atoms with Crippen LogP contribution in [0.5, 0.6) is 0 Å². The number of hydrogen-bond donors (Lipinski definition) is 0. The van der Waals surface area contributed by atoms with E-state index in [2.05, 4.69) is 10.1 Å². The minimum Gasteiger partial charge on any atom is -0.337 e. The maximum absolute atomic E-state index is 12.6. The summed E-state index contributed by atoms with van der Waals surface area (Å²) in [7, 11) is -2.12. The topological polar surface area (TPSA) is 96.6 Å². The molecule has 3 rings (SSSR count). The molecule has 0 radical (unpaired) electrons. The van der Waals surface area contributed by atoms with Crippen molar-refractivity contribution in [2.75, 3.05) is 24.2 Å². The van der Waals surface area contributed by atoms with Crippen molar-refractivity contribution in [2.24, 2.45) is 0 Å². The number of anilines is 1. The molecule has 0 fully saturated rings. The first-order valence-electron chi connectivity index (χ1n) is 8.08. The molecular formula is C17H17ClN4O4S2. The number of carbonyl (C=O) groups excluding carboxylic acids is 1. The van der Waals surface area contributed by atoms with Gasteiger partial charge in [0.2, 0.25) is 27.6 Å². The van der Waals surface area contributed by atoms with E-state index < -0.39 is 15.9 Å². The number of benzene rings is 1. The van der Waals surface area contributed by atoms with Crippen LogP contribution in [0.4, 0.5) is 5.69 Å². The van der Waals surface area contributed by atoms with E-state index in [1.165, 1.54) is 16.2 Å². The van der Waals surface area contributed by atoms with E-state index in [0.29, 0.717) is 16.5 Å². The van der Waals surface area contributed by atoms with Gasteiger partial charge in [-0.15, -0.1) is 11.3 Å². The number of likely N-dealkylation sites (N-methyl/N-ethyl adjacent to an activating group) is 1. The fraction of sp³-hybridized carbons (Fsp3) is 0.235. The average molecular weight is 441 g/mol. The molecule has 0 bridgehead atoms. The van der Waals surface area contributed by atoms with Gasteiger partial charge in [-0.2, -0.15) is 4.98 Å². The lowest BCUT2D eigenvalue weighted by molar-refractivity contribution is -0.129. The smallest absolute Gasteiger partial charge is 0.246 e. The van der Waals surface area contributed by atoms with Crippen LogP contribution in [0.15, 0.2) is 46.3 Å². The molecule has 3 aromatic rings. The molecule has 0 spiro atoms. The van der Waals surface area contributed by atoms with Crippen molar-refractivity contribution in [3.05, 3.63) is 52.7 Å². The molecular weight excluding hydrogens is 424 g/mol. The van der Waals surface area contributed by atoms with E-state index in [-0.39, 0.29) is 19.0 Å². The van der Waals surface area contributed by atoms with Crippen molar-refractivity contribution in [3.63, 3.8) is 0 Å². The van der Waals surface area contributed by atoms with Crippen LogP contribution in [0, 0.1) is 0 Å². The Hall–Kier alpha value is -2.43. The normalized spacial score (nSPS) is 11.4. The van der Waals surface area contributed by atoms with Crippen molar-refractivity contribution in [3.8, 4) is 10.7 Å². The highest BCUT2D eigenvalue weighted by Crippen LogP contribution is 2.22. The second-order valence-electron chi connectivity index (χ2n) is 5.98. The molecule has 148 valence electrons. The van der Waals surface area contributed by atoms with Crippen LogP contribution in [0.25, 0.3) is 10.7 Å². The van der Waals surface area contributed by atoms with Crippen molar-refractivity contribution in [2.45, 2.75) is 6.54 Å². The molecule has 1 amide bonds. The molecule has 0 N–H and O–H groups in total. The minimum absolute atomic E-state index is 0.0649. The second-order valence-corrected chi connectivity index (χ2v) is 9.28. The van der Waals surface area contributed by atoms with Gasteiger partial charge in [0.05, 0.1) is 23.4 Å². The van der Waals surface area contributed by atoms with Gasteiger partial charge in [0.25, 0.3) is 0 Å². The van der Waals surface area contributed by atoms with Crippen LogP contribution >= 0.6 is 22.9 Å². The van der Waals surface area contributed by atoms with E-state index >= 15 is 0 Å². The molecule has 0 saturated heterocycles. The molecule has 0 aliphatic rings. The number of hydrogen-bond acceptors (Lipinski definition) is 7. The molecule has 28 heavy (non-hydrogen) atoms. The maximum Gasteiger partial charge on any atom is 0.246 e. The predicted molar refractivity (Wildman–Crippen MR) is 108 cm³/mol. The van der Waals surface area contributed by atoms with Gasteiger partial charge in [-0.25, -0.2) is 8.42 Å². The molecule has 11 heteroatoms. The number of nitrogens with zero attached hydrogens (tertiary/aromatic N) is 4. The van der Waals surface area contributed by atoms with Gasteiger partial charge < -0.3 is 9.42 Å². The first kappa shape index (κ1) is 20.3. The number of carbonyl (C=O) groups is 1. The Bertz CT molecular complexity index is 1050. The van der Waals surface area contributed by atoms with E-state index in [4.69, 9.17) is 16.1 Å². The number of halogens is 1. The predicted octanol–water partition coefficient (Wildman–Crippen LogP) is 2.88. The highest BCUT2D eigenvalue weighted by atomic mass is 35.5. The SMILES string of the molecule is CN(Cc1nc(-c2cccs2)no1)C(=O)CN(c1ccc(Cl)cc1)S(C)(=O)=O. The molecule has 0 atom stereocenters. The van der Waals surface area contributed by atoms with Gasteiger partial charge in [0, 0.05) is 12.1 Å². The lowest BCUT2D eigenvalue weighted by Gasteiger charge is -2.24. The quantitative estimate of drug-likeness (QED) is 0.560. The lowest BCUT2D eigenvalue weighted by Crippen LogP contribution is -2.41. The number of rotatable bonds is 7. The summed E-state index contributed by atoms with van der Waals surface area (Å²) < 4.78 is 30.5. The Balaban J connectivity index is 1.70. The Morgan fingerprint density at radius 3 is 2.57 bits per heavy atom. The van der Waals surface area contributed by atoms with Crippen LogP contribution < -0.4 is 4.31 Å². The summed E-state index contributed by atoms with van der Waals surface area (Å²) in [6, 6.07) is 9.96. The lowest BCUT2D eigenvalue weighted by atomic mass is 10.3. The first-order valence-corrected chi connectivity index (χ1v) is 11.2. The molecule has 0 saturated carbocycles. The van der Waals surface area contributed by atoms with E-state index in [1.54, 1.807) is 31.3 Å². The summed E-state index contributed by atoms with van der Waals surface area (Å²) in [6.45, 7) is -0.293. The monoisotopic (exact) mass is 440 g/mol. The Kier molecular flexibility index (Phi) is 6.01. The third-order valence-electron chi connectivity index (χ3n) is 3.80. The Morgan fingerprint density at radius 2 is 1.96 bits per heavy atom. The zero-order valence-corrected chi connectivity index (χ0v) is 17.5. The van der Waals surface area contributed by atoms with Crippen molar-refractivity contribution >= 4 is 44.6 Å². The molecule has 8 nitrogen and oxygen atoms in total. The zero-order chi connectivity index (χ0) is 20.3. The Morgan fingerprint density at radius 1 is 1.25 bits per heavy atom. The van der Waals surface area contributed by atoms with Crippen LogP contribution in [-0.4, -0.2) is 49.2 Å². The fourth-order valence-electron chi connectivity index (χ4n) is 2.37. The van der Waals surface area contributed by atoms with Gasteiger partial charge in [-0.05, 0) is 35.7 Å². The van der Waals surface area contributed by atoms with Crippen LogP contribution in [0.2, 0.25) is 5.02 Å². The number of thiophene rings is 1. The third-order valence-corrected chi connectivity index (χ3v) is 6.06. The van der Waals surface area contributed by atoms with Gasteiger partial charge in [-0.3, -0.25) is 9.10 Å². The second kappa shape index (κ2) is 8.29. The highest BCUT2D eigenvalue weighted by molar-refractivity contribution is 7.92. The van der Waals surface area contributed by atoms with E-state index in [0.717, 1.165) is 15.4 Å². The summed E-state index contributed by atoms with van der Waals surface area (Å²) in [5.74, 6) is 0.290. The average Bonchev–Trinajstić information content (AvgIpc) is 3.30. The summed E-state index contributed by atoms with van der Waals surface area (Å²) in [4.78, 5) is 19.0.